The molecule has 0 amide bonds. The lowest BCUT2D eigenvalue weighted by molar-refractivity contribution is 0.392. The number of methoxy groups -OCH3 is 2. The summed E-state index contributed by atoms with van der Waals surface area (Å²) in [4.78, 5) is 4.12. The zero-order valence-electron chi connectivity index (χ0n) is 14.7. The molecule has 1 heterocycles. The monoisotopic (exact) mass is 365 g/mol. The third-order valence-corrected chi connectivity index (χ3v) is 4.75. The number of rotatable bonds is 8. The van der Waals surface area contributed by atoms with Crippen LogP contribution in [0.2, 0.25) is 0 Å². The molecule has 7 nitrogen and oxygen atoms in total. The first-order valence-electron chi connectivity index (χ1n) is 7.80. The molecule has 2 aromatic rings. The Hall–Kier alpha value is -2.48. The SMILES string of the molecule is COc1ccc(OC)c(S(=O)(=O)Nc2ccc(NCC(C)C)cn2)c1. The van der Waals surface area contributed by atoms with Gasteiger partial charge in [0.1, 0.15) is 22.2 Å². The van der Waals surface area contributed by atoms with Crippen molar-refractivity contribution < 1.29 is 17.9 Å². The average molecular weight is 365 g/mol. The van der Waals surface area contributed by atoms with E-state index < -0.39 is 10.0 Å². The molecule has 0 spiro atoms. The van der Waals surface area contributed by atoms with Crippen LogP contribution < -0.4 is 19.5 Å². The molecular formula is C17H23N3O4S. The predicted molar refractivity (Wildman–Crippen MR) is 97.9 cm³/mol. The number of aromatic nitrogens is 1. The van der Waals surface area contributed by atoms with Gasteiger partial charge in [-0.05, 0) is 30.2 Å². The fourth-order valence-corrected chi connectivity index (χ4v) is 3.26. The summed E-state index contributed by atoms with van der Waals surface area (Å²) >= 11 is 0. The lowest BCUT2D eigenvalue weighted by Gasteiger charge is -2.13. The van der Waals surface area contributed by atoms with Gasteiger partial charge >= 0.3 is 0 Å². The van der Waals surface area contributed by atoms with Crippen molar-refractivity contribution in [2.24, 2.45) is 5.92 Å². The fraction of sp³-hybridized carbons (Fsp3) is 0.353. The van der Waals surface area contributed by atoms with Crippen LogP contribution in [-0.4, -0.2) is 34.2 Å². The van der Waals surface area contributed by atoms with E-state index in [2.05, 4.69) is 28.9 Å². The Morgan fingerprint density at radius 1 is 1.12 bits per heavy atom. The number of pyridine rings is 1. The maximum Gasteiger partial charge on any atom is 0.266 e. The molecule has 0 aliphatic heterocycles. The van der Waals surface area contributed by atoms with Crippen molar-refractivity contribution in [3.8, 4) is 11.5 Å². The first kappa shape index (κ1) is 18.9. The van der Waals surface area contributed by atoms with E-state index in [1.165, 1.54) is 20.3 Å². The summed E-state index contributed by atoms with van der Waals surface area (Å²) in [6.07, 6.45) is 1.59. The van der Waals surface area contributed by atoms with Crippen LogP contribution in [0.3, 0.4) is 0 Å². The highest BCUT2D eigenvalue weighted by Gasteiger charge is 2.21. The maximum atomic E-state index is 12.6. The summed E-state index contributed by atoms with van der Waals surface area (Å²) in [6, 6.07) is 7.95. The van der Waals surface area contributed by atoms with Gasteiger partial charge in [0.25, 0.3) is 10.0 Å². The molecule has 25 heavy (non-hydrogen) atoms. The summed E-state index contributed by atoms with van der Waals surface area (Å²) in [6.45, 7) is 5.02. The van der Waals surface area contributed by atoms with E-state index in [1.807, 2.05) is 0 Å². The minimum atomic E-state index is -3.87. The molecule has 8 heteroatoms. The van der Waals surface area contributed by atoms with E-state index in [0.717, 1.165) is 12.2 Å². The molecule has 0 radical (unpaired) electrons. The number of hydrogen-bond acceptors (Lipinski definition) is 6. The average Bonchev–Trinajstić information content (AvgIpc) is 2.60. The van der Waals surface area contributed by atoms with E-state index in [9.17, 15) is 8.42 Å². The Labute approximate surface area is 148 Å². The van der Waals surface area contributed by atoms with Crippen LogP contribution in [0.25, 0.3) is 0 Å². The zero-order chi connectivity index (χ0) is 18.4. The third-order valence-electron chi connectivity index (χ3n) is 3.38. The van der Waals surface area contributed by atoms with Crippen molar-refractivity contribution in [3.05, 3.63) is 36.5 Å². The van der Waals surface area contributed by atoms with Crippen LogP contribution in [0, 0.1) is 5.92 Å². The number of anilines is 2. The van der Waals surface area contributed by atoms with E-state index in [1.54, 1.807) is 30.5 Å². The predicted octanol–water partition coefficient (Wildman–Crippen LogP) is 2.97. The van der Waals surface area contributed by atoms with Gasteiger partial charge in [-0.2, -0.15) is 0 Å². The first-order valence-corrected chi connectivity index (χ1v) is 9.29. The van der Waals surface area contributed by atoms with Gasteiger partial charge in [0.2, 0.25) is 0 Å². The van der Waals surface area contributed by atoms with Crippen LogP contribution in [0.1, 0.15) is 13.8 Å². The second kappa shape index (κ2) is 8.06. The number of benzene rings is 1. The van der Waals surface area contributed by atoms with Crippen molar-refractivity contribution >= 4 is 21.5 Å². The molecule has 2 N–H and O–H groups in total. The van der Waals surface area contributed by atoms with Crippen LogP contribution in [-0.2, 0) is 10.0 Å². The number of sulfonamides is 1. The summed E-state index contributed by atoms with van der Waals surface area (Å²) in [7, 11) is -0.986. The van der Waals surface area contributed by atoms with Gasteiger partial charge in [0.05, 0.1) is 26.1 Å². The van der Waals surface area contributed by atoms with Gasteiger partial charge in [0, 0.05) is 12.6 Å². The van der Waals surface area contributed by atoms with Crippen LogP contribution in [0.15, 0.2) is 41.4 Å². The van der Waals surface area contributed by atoms with Crippen molar-refractivity contribution in [1.29, 1.82) is 0 Å². The van der Waals surface area contributed by atoms with E-state index in [4.69, 9.17) is 9.47 Å². The molecule has 0 saturated heterocycles. The smallest absolute Gasteiger partial charge is 0.266 e. The summed E-state index contributed by atoms with van der Waals surface area (Å²) in [5, 5.41) is 3.22. The van der Waals surface area contributed by atoms with Gasteiger partial charge in [-0.25, -0.2) is 13.4 Å². The minimum Gasteiger partial charge on any atom is -0.497 e. The Morgan fingerprint density at radius 2 is 1.88 bits per heavy atom. The molecule has 136 valence electrons. The summed E-state index contributed by atoms with van der Waals surface area (Å²) < 4.78 is 38.0. The van der Waals surface area contributed by atoms with Crippen LogP contribution >= 0.6 is 0 Å². The van der Waals surface area contributed by atoms with E-state index in [-0.39, 0.29) is 16.5 Å². The summed E-state index contributed by atoms with van der Waals surface area (Å²) in [5.41, 5.74) is 0.829. The van der Waals surface area contributed by atoms with Crippen molar-refractivity contribution in [2.45, 2.75) is 18.7 Å². The number of ether oxygens (including phenoxy) is 2. The zero-order valence-corrected chi connectivity index (χ0v) is 15.6. The molecule has 2 rings (SSSR count). The highest BCUT2D eigenvalue weighted by Crippen LogP contribution is 2.29. The van der Waals surface area contributed by atoms with Gasteiger partial charge in [0.15, 0.2) is 0 Å². The molecule has 0 atom stereocenters. The summed E-state index contributed by atoms with van der Waals surface area (Å²) in [5.74, 6) is 1.37. The standard InChI is InChI=1S/C17H23N3O4S/c1-12(2)10-18-13-5-8-17(19-11-13)20-25(21,22)16-9-14(23-3)6-7-15(16)24-4/h5-9,11-12,18H,10H2,1-4H3,(H,19,20). The van der Waals surface area contributed by atoms with Gasteiger partial charge in [-0.15, -0.1) is 0 Å². The molecule has 0 aliphatic rings. The van der Waals surface area contributed by atoms with Gasteiger partial charge < -0.3 is 14.8 Å². The quantitative estimate of drug-likeness (QED) is 0.747. The number of hydrogen-bond donors (Lipinski definition) is 2. The molecular weight excluding hydrogens is 342 g/mol. The third kappa shape index (κ3) is 4.99. The van der Waals surface area contributed by atoms with E-state index in [0.29, 0.717) is 11.7 Å². The van der Waals surface area contributed by atoms with Crippen LogP contribution in [0.5, 0.6) is 11.5 Å². The Bertz CT molecular complexity index is 805. The van der Waals surface area contributed by atoms with Crippen LogP contribution in [0.4, 0.5) is 11.5 Å². The Balaban J connectivity index is 2.21. The highest BCUT2D eigenvalue weighted by atomic mass is 32.2. The second-order valence-electron chi connectivity index (χ2n) is 5.83. The lowest BCUT2D eigenvalue weighted by atomic mass is 10.2. The maximum absolute atomic E-state index is 12.6. The topological polar surface area (TPSA) is 89.5 Å². The van der Waals surface area contributed by atoms with Crippen molar-refractivity contribution in [1.82, 2.24) is 4.98 Å². The Morgan fingerprint density at radius 3 is 2.44 bits per heavy atom. The van der Waals surface area contributed by atoms with E-state index >= 15 is 0 Å². The van der Waals surface area contributed by atoms with Gasteiger partial charge in [-0.3, -0.25) is 4.72 Å². The second-order valence-corrected chi connectivity index (χ2v) is 7.48. The Kier molecular flexibility index (Phi) is 6.08. The highest BCUT2D eigenvalue weighted by molar-refractivity contribution is 7.92. The number of nitrogens with one attached hydrogen (secondary N) is 2. The fourth-order valence-electron chi connectivity index (χ4n) is 2.07. The van der Waals surface area contributed by atoms with Gasteiger partial charge in [-0.1, -0.05) is 13.8 Å². The minimum absolute atomic E-state index is 0.0156. The molecule has 0 bridgehead atoms. The molecule has 1 aromatic carbocycles. The first-order chi connectivity index (χ1) is 11.9. The normalized spacial score (nSPS) is 11.2. The molecule has 0 fully saturated rings. The lowest BCUT2D eigenvalue weighted by Crippen LogP contribution is -2.15. The molecule has 0 aliphatic carbocycles. The molecule has 0 unspecified atom stereocenters. The largest absolute Gasteiger partial charge is 0.497 e. The van der Waals surface area contributed by atoms with Crippen molar-refractivity contribution in [2.75, 3.05) is 30.8 Å². The molecule has 0 saturated carbocycles. The van der Waals surface area contributed by atoms with Crippen molar-refractivity contribution in [3.63, 3.8) is 0 Å². The number of nitrogens with zero attached hydrogens (tertiary/aromatic N) is 1. The molecule has 1 aromatic heterocycles.